The Morgan fingerprint density at radius 3 is 2.55 bits per heavy atom. The smallest absolute Gasteiger partial charge is 0.328 e. The van der Waals surface area contributed by atoms with Crippen molar-refractivity contribution in [2.45, 2.75) is 13.0 Å². The van der Waals surface area contributed by atoms with Crippen molar-refractivity contribution in [2.75, 3.05) is 7.11 Å². The molecular weight excluding hydrogens is 146 g/mol. The van der Waals surface area contributed by atoms with E-state index in [1.807, 2.05) is 5.92 Å². The van der Waals surface area contributed by atoms with Crippen LogP contribution in [0.5, 0.6) is 0 Å². The van der Waals surface area contributed by atoms with Gasteiger partial charge in [0.1, 0.15) is 6.04 Å². The molecule has 0 aromatic heterocycles. The van der Waals surface area contributed by atoms with Gasteiger partial charge in [-0.2, -0.15) is 0 Å². The van der Waals surface area contributed by atoms with Crippen LogP contribution in [0.3, 0.4) is 0 Å². The van der Waals surface area contributed by atoms with E-state index >= 15 is 0 Å². The second-order valence-electron chi connectivity index (χ2n) is 1.86. The standard InChI is InChI=1S/C7H9NO3/c1-4-6(9)8-5(2)7(10)11-3/h1,5H,2-3H3,(H,8,9)/t5-/m0/s1. The minimum Gasteiger partial charge on any atom is -0.467 e. The van der Waals surface area contributed by atoms with Gasteiger partial charge in [-0.15, -0.1) is 6.42 Å². The van der Waals surface area contributed by atoms with Crippen LogP contribution in [0.15, 0.2) is 0 Å². The normalized spacial score (nSPS) is 11.0. The maximum absolute atomic E-state index is 10.7. The summed E-state index contributed by atoms with van der Waals surface area (Å²) in [5.74, 6) is 0.675. The van der Waals surface area contributed by atoms with E-state index in [9.17, 15) is 9.59 Å². The zero-order chi connectivity index (χ0) is 8.85. The van der Waals surface area contributed by atoms with Crippen molar-refractivity contribution in [3.05, 3.63) is 0 Å². The van der Waals surface area contributed by atoms with E-state index in [4.69, 9.17) is 6.42 Å². The van der Waals surface area contributed by atoms with Gasteiger partial charge in [-0.1, -0.05) is 0 Å². The Balaban J connectivity index is 3.89. The monoisotopic (exact) mass is 155 g/mol. The molecule has 0 spiro atoms. The number of rotatable bonds is 2. The number of hydrogen-bond donors (Lipinski definition) is 1. The second kappa shape index (κ2) is 4.34. The molecule has 0 aromatic rings. The maximum atomic E-state index is 10.7. The van der Waals surface area contributed by atoms with Crippen molar-refractivity contribution >= 4 is 11.9 Å². The summed E-state index contributed by atoms with van der Waals surface area (Å²) in [4.78, 5) is 21.1. The number of nitrogens with one attached hydrogen (secondary N) is 1. The topological polar surface area (TPSA) is 55.4 Å². The summed E-state index contributed by atoms with van der Waals surface area (Å²) < 4.78 is 4.34. The van der Waals surface area contributed by atoms with Gasteiger partial charge in [-0.3, -0.25) is 4.79 Å². The number of ether oxygens (including phenoxy) is 1. The fourth-order valence-electron chi connectivity index (χ4n) is 0.474. The van der Waals surface area contributed by atoms with Crippen LogP contribution in [0.1, 0.15) is 6.92 Å². The van der Waals surface area contributed by atoms with Gasteiger partial charge in [0.25, 0.3) is 5.91 Å². The Kier molecular flexibility index (Phi) is 3.75. The zero-order valence-corrected chi connectivity index (χ0v) is 6.38. The molecule has 60 valence electrons. The van der Waals surface area contributed by atoms with Crippen molar-refractivity contribution in [1.82, 2.24) is 5.32 Å². The van der Waals surface area contributed by atoms with E-state index in [-0.39, 0.29) is 0 Å². The lowest BCUT2D eigenvalue weighted by atomic mass is 10.3. The molecule has 4 heteroatoms. The second-order valence-corrected chi connectivity index (χ2v) is 1.86. The summed E-state index contributed by atoms with van der Waals surface area (Å²) in [6.07, 6.45) is 4.75. The highest BCUT2D eigenvalue weighted by Crippen LogP contribution is 1.84. The summed E-state index contributed by atoms with van der Waals surface area (Å²) in [6, 6.07) is -0.691. The van der Waals surface area contributed by atoms with Gasteiger partial charge >= 0.3 is 5.97 Å². The van der Waals surface area contributed by atoms with Crippen LogP contribution in [0.4, 0.5) is 0 Å². The zero-order valence-electron chi connectivity index (χ0n) is 6.38. The number of esters is 1. The Morgan fingerprint density at radius 1 is 1.64 bits per heavy atom. The van der Waals surface area contributed by atoms with Gasteiger partial charge in [-0.05, 0) is 12.8 Å². The Labute approximate surface area is 64.9 Å². The Hall–Kier alpha value is -1.50. The minimum atomic E-state index is -0.691. The van der Waals surface area contributed by atoms with Crippen LogP contribution in [-0.2, 0) is 14.3 Å². The SMILES string of the molecule is C#CC(=O)N[C@@H](C)C(=O)OC. The third kappa shape index (κ3) is 3.26. The number of amides is 1. The first-order chi connectivity index (χ1) is 5.11. The number of hydrogen-bond acceptors (Lipinski definition) is 3. The molecule has 0 bridgehead atoms. The molecule has 0 aliphatic heterocycles. The third-order valence-corrected chi connectivity index (χ3v) is 1.03. The molecule has 11 heavy (non-hydrogen) atoms. The highest BCUT2D eigenvalue weighted by Gasteiger charge is 2.13. The first-order valence-corrected chi connectivity index (χ1v) is 2.96. The lowest BCUT2D eigenvalue weighted by Crippen LogP contribution is -2.38. The van der Waals surface area contributed by atoms with E-state index in [1.54, 1.807) is 0 Å². The van der Waals surface area contributed by atoms with Crippen LogP contribution in [0.2, 0.25) is 0 Å². The molecule has 0 aromatic carbocycles. The van der Waals surface area contributed by atoms with Gasteiger partial charge in [0.2, 0.25) is 0 Å². The number of carbonyl (C=O) groups excluding carboxylic acids is 2. The molecule has 0 rings (SSSR count). The average Bonchev–Trinajstić information content (AvgIpc) is 2.02. The molecule has 4 nitrogen and oxygen atoms in total. The molecule has 0 heterocycles. The summed E-state index contributed by atoms with van der Waals surface area (Å²) in [5.41, 5.74) is 0. The fourth-order valence-corrected chi connectivity index (χ4v) is 0.474. The summed E-state index contributed by atoms with van der Waals surface area (Å²) in [6.45, 7) is 1.49. The summed E-state index contributed by atoms with van der Waals surface area (Å²) in [7, 11) is 1.24. The molecule has 0 unspecified atom stereocenters. The predicted octanol–water partition coefficient (Wildman–Crippen LogP) is -0.703. The molecular formula is C7H9NO3. The number of methoxy groups -OCH3 is 1. The Morgan fingerprint density at radius 2 is 2.18 bits per heavy atom. The van der Waals surface area contributed by atoms with Crippen LogP contribution in [-0.4, -0.2) is 25.0 Å². The third-order valence-electron chi connectivity index (χ3n) is 1.03. The van der Waals surface area contributed by atoms with E-state index < -0.39 is 17.9 Å². The molecule has 0 saturated heterocycles. The van der Waals surface area contributed by atoms with Crippen LogP contribution < -0.4 is 5.32 Å². The van der Waals surface area contributed by atoms with E-state index in [0.29, 0.717) is 0 Å². The van der Waals surface area contributed by atoms with Crippen LogP contribution >= 0.6 is 0 Å². The van der Waals surface area contributed by atoms with Gasteiger partial charge in [0.15, 0.2) is 0 Å². The molecule has 1 atom stereocenters. The molecule has 0 fully saturated rings. The van der Waals surface area contributed by atoms with Crippen LogP contribution in [0.25, 0.3) is 0 Å². The van der Waals surface area contributed by atoms with Crippen molar-refractivity contribution in [3.63, 3.8) is 0 Å². The highest BCUT2D eigenvalue weighted by atomic mass is 16.5. The largest absolute Gasteiger partial charge is 0.467 e. The Bertz CT molecular complexity index is 204. The van der Waals surface area contributed by atoms with E-state index in [2.05, 4.69) is 10.1 Å². The van der Waals surface area contributed by atoms with Gasteiger partial charge in [0.05, 0.1) is 7.11 Å². The predicted molar refractivity (Wildman–Crippen MR) is 38.5 cm³/mol. The molecule has 1 amide bonds. The molecule has 0 radical (unpaired) electrons. The maximum Gasteiger partial charge on any atom is 0.328 e. The molecule has 0 aliphatic rings. The van der Waals surface area contributed by atoms with E-state index in [0.717, 1.165) is 0 Å². The van der Waals surface area contributed by atoms with Gasteiger partial charge in [-0.25, -0.2) is 4.79 Å². The van der Waals surface area contributed by atoms with Crippen molar-refractivity contribution < 1.29 is 14.3 Å². The first kappa shape index (κ1) is 9.50. The van der Waals surface area contributed by atoms with Crippen molar-refractivity contribution in [1.29, 1.82) is 0 Å². The lowest BCUT2D eigenvalue weighted by Gasteiger charge is -2.07. The molecule has 1 N–H and O–H groups in total. The fraction of sp³-hybridized carbons (Fsp3) is 0.429. The quantitative estimate of drug-likeness (QED) is 0.423. The lowest BCUT2D eigenvalue weighted by molar-refractivity contribution is -0.143. The van der Waals surface area contributed by atoms with Gasteiger partial charge < -0.3 is 10.1 Å². The molecule has 0 saturated carbocycles. The van der Waals surface area contributed by atoms with Gasteiger partial charge in [0, 0.05) is 0 Å². The minimum absolute atomic E-state index is 0.520. The van der Waals surface area contributed by atoms with Crippen LogP contribution in [0, 0.1) is 12.3 Å². The summed E-state index contributed by atoms with van der Waals surface area (Å²) >= 11 is 0. The number of carbonyl (C=O) groups is 2. The highest BCUT2D eigenvalue weighted by molar-refractivity contribution is 5.95. The summed E-state index contributed by atoms with van der Waals surface area (Å²) in [5, 5.41) is 2.23. The van der Waals surface area contributed by atoms with E-state index in [1.165, 1.54) is 14.0 Å². The first-order valence-electron chi connectivity index (χ1n) is 2.96. The average molecular weight is 155 g/mol. The van der Waals surface area contributed by atoms with Crippen molar-refractivity contribution in [2.24, 2.45) is 0 Å². The molecule has 0 aliphatic carbocycles. The van der Waals surface area contributed by atoms with Crippen molar-refractivity contribution in [3.8, 4) is 12.3 Å². The number of terminal acetylenes is 1.